The maximum atomic E-state index is 14.4. The van der Waals surface area contributed by atoms with Crippen LogP contribution < -0.4 is 10.2 Å². The lowest BCUT2D eigenvalue weighted by molar-refractivity contribution is 0.102. The Morgan fingerprint density at radius 2 is 2.00 bits per heavy atom. The topological polar surface area (TPSA) is 45.2 Å². The van der Waals surface area contributed by atoms with Crippen LogP contribution in [0.25, 0.3) is 9.88 Å². The van der Waals surface area contributed by atoms with Crippen molar-refractivity contribution in [1.29, 1.82) is 0 Å². The summed E-state index contributed by atoms with van der Waals surface area (Å²) < 4.78 is 14.4. The number of carbonyl (C=O) groups excluding carboxylic acids is 1. The zero-order valence-electron chi connectivity index (χ0n) is 13.4. The Bertz CT molecular complexity index is 886. The molecule has 1 aliphatic heterocycles. The molecule has 0 spiro atoms. The zero-order chi connectivity index (χ0) is 17.2. The normalized spacial score (nSPS) is 14.0. The smallest absolute Gasteiger partial charge is 0.275 e. The van der Waals surface area contributed by atoms with Crippen LogP contribution in [0.15, 0.2) is 41.1 Å². The van der Waals surface area contributed by atoms with Crippen LogP contribution in [0.4, 0.5) is 15.8 Å². The summed E-state index contributed by atoms with van der Waals surface area (Å²) in [5.41, 5.74) is 1.28. The van der Waals surface area contributed by atoms with Gasteiger partial charge >= 0.3 is 0 Å². The molecule has 1 N–H and O–H groups in total. The minimum Gasteiger partial charge on any atom is -0.370 e. The van der Waals surface area contributed by atoms with Crippen molar-refractivity contribution in [2.24, 2.45) is 0 Å². The number of thiazole rings is 1. The average molecular weight is 373 g/mol. The van der Waals surface area contributed by atoms with Gasteiger partial charge in [0.05, 0.1) is 10.6 Å². The number of halogens is 1. The molecule has 0 bridgehead atoms. The maximum absolute atomic E-state index is 14.4. The van der Waals surface area contributed by atoms with E-state index in [1.54, 1.807) is 22.8 Å². The molecule has 0 unspecified atom stereocenters. The Morgan fingerprint density at radius 3 is 2.76 bits per heavy atom. The number of thiophene rings is 1. The second-order valence-electron chi connectivity index (χ2n) is 5.80. The fraction of sp³-hybridized carbons (Fsp3) is 0.222. The first-order chi connectivity index (χ1) is 12.2. The molecule has 7 heteroatoms. The SMILES string of the molecule is O=C(Nc1c(F)cccc1N1CCCC1)c1csc(-c2cccs2)n1. The van der Waals surface area contributed by atoms with Crippen LogP contribution >= 0.6 is 22.7 Å². The molecule has 4 nitrogen and oxygen atoms in total. The van der Waals surface area contributed by atoms with Crippen molar-refractivity contribution >= 4 is 40.0 Å². The molecule has 4 rings (SSSR count). The molecule has 1 aliphatic rings. The van der Waals surface area contributed by atoms with Gasteiger partial charge in [-0.2, -0.15) is 0 Å². The molecule has 1 saturated heterocycles. The molecule has 3 heterocycles. The summed E-state index contributed by atoms with van der Waals surface area (Å²) >= 11 is 2.99. The van der Waals surface area contributed by atoms with Gasteiger partial charge in [0.25, 0.3) is 5.91 Å². The van der Waals surface area contributed by atoms with Crippen LogP contribution in [0.5, 0.6) is 0 Å². The van der Waals surface area contributed by atoms with E-state index in [1.807, 2.05) is 23.6 Å². The van der Waals surface area contributed by atoms with Gasteiger partial charge in [0.2, 0.25) is 0 Å². The molecule has 0 aliphatic carbocycles. The van der Waals surface area contributed by atoms with Gasteiger partial charge in [0, 0.05) is 18.5 Å². The van der Waals surface area contributed by atoms with E-state index in [4.69, 9.17) is 0 Å². The number of hydrogen-bond donors (Lipinski definition) is 1. The first-order valence-corrected chi connectivity index (χ1v) is 9.82. The molecule has 0 atom stereocenters. The third-order valence-electron chi connectivity index (χ3n) is 4.15. The maximum Gasteiger partial charge on any atom is 0.275 e. The number of rotatable bonds is 4. The number of nitrogens with zero attached hydrogens (tertiary/aromatic N) is 2. The Morgan fingerprint density at radius 1 is 1.16 bits per heavy atom. The predicted octanol–water partition coefficient (Wildman–Crippen LogP) is 4.86. The minimum atomic E-state index is -0.425. The van der Waals surface area contributed by atoms with Gasteiger partial charge in [-0.05, 0) is 36.4 Å². The fourth-order valence-electron chi connectivity index (χ4n) is 2.93. The van der Waals surface area contributed by atoms with Crippen molar-refractivity contribution < 1.29 is 9.18 Å². The van der Waals surface area contributed by atoms with Crippen LogP contribution in [-0.4, -0.2) is 24.0 Å². The van der Waals surface area contributed by atoms with Crippen LogP contribution in [-0.2, 0) is 0 Å². The number of aromatic nitrogens is 1. The highest BCUT2D eigenvalue weighted by Crippen LogP contribution is 2.32. The third kappa shape index (κ3) is 3.29. The van der Waals surface area contributed by atoms with E-state index in [0.29, 0.717) is 5.69 Å². The number of amides is 1. The monoisotopic (exact) mass is 373 g/mol. The van der Waals surface area contributed by atoms with E-state index >= 15 is 0 Å². The highest BCUT2D eigenvalue weighted by atomic mass is 32.1. The Balaban J connectivity index is 1.59. The Labute approximate surface area is 153 Å². The Hall–Kier alpha value is -2.25. The lowest BCUT2D eigenvalue weighted by Crippen LogP contribution is -2.22. The van der Waals surface area contributed by atoms with Crippen molar-refractivity contribution in [1.82, 2.24) is 4.98 Å². The summed E-state index contributed by atoms with van der Waals surface area (Å²) in [7, 11) is 0. The van der Waals surface area contributed by atoms with Crippen LogP contribution in [0.1, 0.15) is 23.3 Å². The molecule has 0 saturated carbocycles. The molecule has 1 aromatic carbocycles. The second kappa shape index (κ2) is 6.93. The number of anilines is 2. The van der Waals surface area contributed by atoms with Crippen molar-refractivity contribution in [3.05, 3.63) is 52.6 Å². The highest BCUT2D eigenvalue weighted by Gasteiger charge is 2.21. The van der Waals surface area contributed by atoms with E-state index in [0.717, 1.165) is 41.5 Å². The molecule has 25 heavy (non-hydrogen) atoms. The van der Waals surface area contributed by atoms with Crippen molar-refractivity contribution in [3.63, 3.8) is 0 Å². The summed E-state index contributed by atoms with van der Waals surface area (Å²) in [6.07, 6.45) is 2.17. The summed E-state index contributed by atoms with van der Waals surface area (Å²) in [5, 5.41) is 7.20. The van der Waals surface area contributed by atoms with E-state index in [2.05, 4.69) is 15.2 Å². The van der Waals surface area contributed by atoms with Crippen LogP contribution in [0, 0.1) is 5.82 Å². The number of hydrogen-bond acceptors (Lipinski definition) is 5. The standard InChI is InChI=1S/C18H16FN3OS2/c19-12-5-3-6-14(22-8-1-2-9-22)16(12)21-17(23)13-11-25-18(20-13)15-7-4-10-24-15/h3-7,10-11H,1-2,8-9H2,(H,21,23). The first kappa shape index (κ1) is 16.2. The third-order valence-corrected chi connectivity index (χ3v) is 6.03. The minimum absolute atomic E-state index is 0.236. The van der Waals surface area contributed by atoms with Gasteiger partial charge in [-0.25, -0.2) is 9.37 Å². The molecule has 1 amide bonds. The Kier molecular flexibility index (Phi) is 4.50. The van der Waals surface area contributed by atoms with Gasteiger partial charge in [-0.15, -0.1) is 22.7 Å². The van der Waals surface area contributed by atoms with E-state index < -0.39 is 5.82 Å². The quantitative estimate of drug-likeness (QED) is 0.710. The molecule has 1 fully saturated rings. The summed E-state index contributed by atoms with van der Waals surface area (Å²) in [4.78, 5) is 20.1. The zero-order valence-corrected chi connectivity index (χ0v) is 15.0. The van der Waals surface area contributed by atoms with Crippen molar-refractivity contribution in [2.45, 2.75) is 12.8 Å². The van der Waals surface area contributed by atoms with Gasteiger partial charge < -0.3 is 10.2 Å². The largest absolute Gasteiger partial charge is 0.370 e. The molecular formula is C18H16FN3OS2. The lowest BCUT2D eigenvalue weighted by Gasteiger charge is -2.21. The second-order valence-corrected chi connectivity index (χ2v) is 7.60. The van der Waals surface area contributed by atoms with Gasteiger partial charge in [-0.3, -0.25) is 4.79 Å². The summed E-state index contributed by atoms with van der Waals surface area (Å²) in [6, 6.07) is 8.81. The van der Waals surface area contributed by atoms with E-state index in [1.165, 1.54) is 17.4 Å². The van der Waals surface area contributed by atoms with E-state index in [9.17, 15) is 9.18 Å². The van der Waals surface area contributed by atoms with Crippen molar-refractivity contribution in [3.8, 4) is 9.88 Å². The summed E-state index contributed by atoms with van der Waals surface area (Å²) in [6.45, 7) is 1.76. The summed E-state index contributed by atoms with van der Waals surface area (Å²) in [5.74, 6) is -0.809. The molecule has 2 aromatic heterocycles. The number of carbonyl (C=O) groups is 1. The van der Waals surface area contributed by atoms with Gasteiger partial charge in [0.1, 0.15) is 22.2 Å². The highest BCUT2D eigenvalue weighted by molar-refractivity contribution is 7.20. The molecule has 128 valence electrons. The number of para-hydroxylation sites is 1. The van der Waals surface area contributed by atoms with E-state index in [-0.39, 0.29) is 11.6 Å². The predicted molar refractivity (Wildman–Crippen MR) is 101 cm³/mol. The number of nitrogens with one attached hydrogen (secondary N) is 1. The van der Waals surface area contributed by atoms with Gasteiger partial charge in [0.15, 0.2) is 0 Å². The fourth-order valence-corrected chi connectivity index (χ4v) is 4.54. The lowest BCUT2D eigenvalue weighted by atomic mass is 10.2. The van der Waals surface area contributed by atoms with Crippen LogP contribution in [0.3, 0.4) is 0 Å². The molecule has 0 radical (unpaired) electrons. The molecule has 3 aromatic rings. The number of benzene rings is 1. The first-order valence-electron chi connectivity index (χ1n) is 8.06. The van der Waals surface area contributed by atoms with Crippen LogP contribution in [0.2, 0.25) is 0 Å². The van der Waals surface area contributed by atoms with Gasteiger partial charge in [-0.1, -0.05) is 12.1 Å². The average Bonchev–Trinajstić information content (AvgIpc) is 3.37. The molecular weight excluding hydrogens is 357 g/mol. The van der Waals surface area contributed by atoms with Crippen molar-refractivity contribution in [2.75, 3.05) is 23.3 Å².